The largest absolute Gasteiger partial charge is 0.480 e. The molecule has 1 aromatic heterocycles. The van der Waals surface area contributed by atoms with Gasteiger partial charge in [-0.1, -0.05) is 100 Å². The molecule has 15 N–H and O–H groups in total. The number of aliphatic carboxylic acids is 1. The van der Waals surface area contributed by atoms with E-state index in [1.165, 1.54) is 6.92 Å². The lowest BCUT2D eigenvalue weighted by Gasteiger charge is -2.29. The van der Waals surface area contributed by atoms with Gasteiger partial charge in [0.2, 0.25) is 41.4 Å². The van der Waals surface area contributed by atoms with Crippen LogP contribution in [-0.4, -0.2) is 146 Å². The number of para-hydroxylation sites is 1. The summed E-state index contributed by atoms with van der Waals surface area (Å²) in [6.45, 7) is 2.60. The predicted octanol–water partition coefficient (Wildman–Crippen LogP) is -0.713. The van der Waals surface area contributed by atoms with Crippen LogP contribution in [0, 0.1) is 0 Å². The number of aromatic nitrogens is 1. The van der Waals surface area contributed by atoms with Gasteiger partial charge in [-0.05, 0) is 68.8 Å². The van der Waals surface area contributed by atoms with Gasteiger partial charge in [0, 0.05) is 41.4 Å². The normalized spacial score (nSPS) is 22.6. The Kier molecular flexibility index (Phi) is 21.9. The number of H-pyrrole nitrogens is 1. The second-order valence-electron chi connectivity index (χ2n) is 17.5. The number of aromatic amines is 1. The number of hydrogen-bond acceptors (Lipinski definition) is 14. The Balaban J connectivity index is 1.57. The number of benzene rings is 3. The quantitative estimate of drug-likeness (QED) is 0.0459. The lowest BCUT2D eigenvalue weighted by Crippen LogP contribution is -2.62. The number of fused-ring (bicyclic) bond motifs is 1. The molecule has 388 valence electrons. The predicted molar refractivity (Wildman–Crippen MR) is 273 cm³/mol. The van der Waals surface area contributed by atoms with Gasteiger partial charge in [0.1, 0.15) is 36.3 Å². The Labute approximate surface area is 424 Å². The first-order valence-electron chi connectivity index (χ1n) is 23.5. The molecule has 21 nitrogen and oxygen atoms in total. The zero-order valence-corrected chi connectivity index (χ0v) is 41.5. The fourth-order valence-corrected chi connectivity index (χ4v) is 10.1. The van der Waals surface area contributed by atoms with Crippen LogP contribution in [0.3, 0.4) is 0 Å². The van der Waals surface area contributed by atoms with E-state index >= 15 is 0 Å². The summed E-state index contributed by atoms with van der Waals surface area (Å²) in [5, 5.41) is 49.7. The summed E-state index contributed by atoms with van der Waals surface area (Å²) in [7, 11) is 1.91. The standard InChI is InChI=1S/C49H64N10O11S2/c1-27(60)40-48(68)57-39(47(67)59-41(28(2)61)49(69)70)26-72-71-25-38(56-42(62)33(51)21-29-13-5-3-6-14-29)46(66)54-36(22-30-15-7-4-8-16-30)44(64)55-37(23-31-24-52-34-18-10-9-17-32(31)34)45(65)53-35(43(63)58-40)19-11-12-20-50/h3-10,13-18,24,27-28,33,35-41,52,60-61H,11-12,19-23,25-26,50-51H2,1-2H3,(H,53,65)(H,54,66)(H,55,64)(H,56,62)(H,57,68)(H,58,63)(H,59,67)(H,69,70)/t27?,28-,33-,35+,36+,37-,38+,39+,40+,41+/m1/s1. The zero-order valence-electron chi connectivity index (χ0n) is 39.9. The zero-order chi connectivity index (χ0) is 52.3. The number of amides is 7. The monoisotopic (exact) mass is 1030 g/mol. The van der Waals surface area contributed by atoms with Gasteiger partial charge in [-0.15, -0.1) is 0 Å². The first kappa shape index (κ1) is 56.4. The molecular weight excluding hydrogens is 969 g/mol. The van der Waals surface area contributed by atoms with Gasteiger partial charge in [-0.25, -0.2) is 4.79 Å². The number of nitrogens with one attached hydrogen (secondary N) is 8. The minimum Gasteiger partial charge on any atom is -0.480 e. The van der Waals surface area contributed by atoms with Crippen LogP contribution in [-0.2, 0) is 57.6 Å². The van der Waals surface area contributed by atoms with E-state index in [0.717, 1.165) is 45.0 Å². The molecule has 0 saturated carbocycles. The molecule has 7 amide bonds. The molecule has 72 heavy (non-hydrogen) atoms. The second-order valence-corrected chi connectivity index (χ2v) is 20.1. The van der Waals surface area contributed by atoms with Crippen molar-refractivity contribution in [3.8, 4) is 0 Å². The first-order valence-corrected chi connectivity index (χ1v) is 26.0. The van der Waals surface area contributed by atoms with Crippen LogP contribution in [0.4, 0.5) is 0 Å². The van der Waals surface area contributed by atoms with E-state index in [0.29, 0.717) is 24.0 Å². The van der Waals surface area contributed by atoms with Crippen molar-refractivity contribution in [3.05, 3.63) is 108 Å². The Morgan fingerprint density at radius 1 is 0.708 bits per heavy atom. The maximum atomic E-state index is 14.7. The highest BCUT2D eigenvalue weighted by molar-refractivity contribution is 8.76. The summed E-state index contributed by atoms with van der Waals surface area (Å²) >= 11 is 0. The van der Waals surface area contributed by atoms with Crippen LogP contribution >= 0.6 is 21.6 Å². The number of hydrogen-bond donors (Lipinski definition) is 13. The number of unbranched alkanes of at least 4 members (excludes halogenated alkanes) is 1. The molecule has 1 saturated heterocycles. The van der Waals surface area contributed by atoms with Crippen molar-refractivity contribution in [2.45, 2.75) is 113 Å². The molecule has 1 fully saturated rings. The minimum atomic E-state index is -1.80. The van der Waals surface area contributed by atoms with Crippen molar-refractivity contribution in [2.24, 2.45) is 11.5 Å². The molecule has 0 aliphatic carbocycles. The number of aliphatic hydroxyl groups excluding tert-OH is 2. The molecule has 0 spiro atoms. The topological polar surface area (TPSA) is 349 Å². The van der Waals surface area contributed by atoms with Crippen molar-refractivity contribution in [1.82, 2.24) is 42.2 Å². The van der Waals surface area contributed by atoms with Crippen LogP contribution in [0.5, 0.6) is 0 Å². The number of carbonyl (C=O) groups excluding carboxylic acids is 7. The third-order valence-corrected chi connectivity index (χ3v) is 14.2. The van der Waals surface area contributed by atoms with E-state index in [1.54, 1.807) is 66.9 Å². The smallest absolute Gasteiger partial charge is 0.328 e. The second kappa shape index (κ2) is 27.9. The molecule has 5 rings (SSSR count). The van der Waals surface area contributed by atoms with Gasteiger partial charge in [-0.3, -0.25) is 33.6 Å². The van der Waals surface area contributed by atoms with Crippen molar-refractivity contribution in [3.63, 3.8) is 0 Å². The molecule has 1 unspecified atom stereocenters. The van der Waals surface area contributed by atoms with Crippen molar-refractivity contribution >= 4 is 79.8 Å². The maximum absolute atomic E-state index is 14.7. The molecule has 1 aliphatic heterocycles. The van der Waals surface area contributed by atoms with E-state index < -0.39 is 108 Å². The summed E-state index contributed by atoms with van der Waals surface area (Å²) in [4.78, 5) is 115. The summed E-state index contributed by atoms with van der Waals surface area (Å²) in [6.07, 6.45) is -0.764. The van der Waals surface area contributed by atoms with Crippen LogP contribution < -0.4 is 48.7 Å². The lowest BCUT2D eigenvalue weighted by molar-refractivity contribution is -0.145. The Morgan fingerprint density at radius 3 is 1.93 bits per heavy atom. The van der Waals surface area contributed by atoms with Crippen LogP contribution in [0.2, 0.25) is 0 Å². The summed E-state index contributed by atoms with van der Waals surface area (Å²) in [6, 6.07) is 13.3. The number of carbonyl (C=O) groups is 8. The third-order valence-electron chi connectivity index (χ3n) is 11.8. The number of carboxylic acids is 1. The number of carboxylic acid groups (broad SMARTS) is 1. The van der Waals surface area contributed by atoms with Gasteiger partial charge < -0.3 is 69.0 Å². The SMILES string of the molecule is CC(O)[C@@H]1NC(=O)[C@H](CCCCN)NC(=O)[C@@H](Cc2c[nH]c3ccccc23)NC(=O)[C@H](Cc2ccccc2)NC(=O)[C@@H](NC(=O)[C@H](N)Cc2ccccc2)CSSC[C@@H](C(=O)N[C@H](C(=O)O)[C@@H](C)O)NC1=O. The third kappa shape index (κ3) is 16.8. The van der Waals surface area contributed by atoms with Crippen LogP contribution in [0.25, 0.3) is 10.9 Å². The Hall–Kier alpha value is -6.50. The molecule has 1 aliphatic rings. The summed E-state index contributed by atoms with van der Waals surface area (Å²) < 4.78 is 0. The van der Waals surface area contributed by atoms with Gasteiger partial charge in [0.25, 0.3) is 0 Å². The van der Waals surface area contributed by atoms with Gasteiger partial charge in [0.05, 0.1) is 18.2 Å². The molecule has 2 heterocycles. The molecule has 3 aromatic carbocycles. The van der Waals surface area contributed by atoms with Crippen LogP contribution in [0.15, 0.2) is 91.1 Å². The molecular formula is C49H64N10O11S2. The average Bonchev–Trinajstić information content (AvgIpc) is 3.76. The first-order chi connectivity index (χ1) is 34.4. The average molecular weight is 1030 g/mol. The number of nitrogens with two attached hydrogens (primary N) is 2. The highest BCUT2D eigenvalue weighted by atomic mass is 33.1. The molecule has 10 atom stereocenters. The molecule has 4 aromatic rings. The summed E-state index contributed by atoms with van der Waals surface area (Å²) in [5.41, 5.74) is 14.9. The summed E-state index contributed by atoms with van der Waals surface area (Å²) in [5.74, 6) is -8.24. The lowest BCUT2D eigenvalue weighted by atomic mass is 10.0. The van der Waals surface area contributed by atoms with E-state index in [-0.39, 0.29) is 43.7 Å². The van der Waals surface area contributed by atoms with Crippen molar-refractivity contribution in [1.29, 1.82) is 0 Å². The van der Waals surface area contributed by atoms with Crippen LogP contribution in [0.1, 0.15) is 49.8 Å². The number of rotatable bonds is 17. The van der Waals surface area contributed by atoms with Gasteiger partial charge in [0.15, 0.2) is 6.04 Å². The van der Waals surface area contributed by atoms with Gasteiger partial charge in [-0.2, -0.15) is 0 Å². The molecule has 0 bridgehead atoms. The van der Waals surface area contributed by atoms with Crippen molar-refractivity contribution in [2.75, 3.05) is 18.1 Å². The minimum absolute atomic E-state index is 0.000290. The molecule has 23 heteroatoms. The fraction of sp³-hybridized carbons (Fsp3) is 0.429. The van der Waals surface area contributed by atoms with E-state index in [2.05, 4.69) is 42.2 Å². The molecule has 0 radical (unpaired) electrons. The fourth-order valence-electron chi connectivity index (χ4n) is 7.77. The van der Waals surface area contributed by atoms with Gasteiger partial charge >= 0.3 is 5.97 Å². The highest BCUT2D eigenvalue weighted by Gasteiger charge is 2.37. The highest BCUT2D eigenvalue weighted by Crippen LogP contribution is 2.24. The van der Waals surface area contributed by atoms with E-state index in [9.17, 15) is 53.7 Å². The van der Waals surface area contributed by atoms with E-state index in [1.807, 2.05) is 24.3 Å². The maximum Gasteiger partial charge on any atom is 0.328 e. The van der Waals surface area contributed by atoms with Crippen molar-refractivity contribution < 1.29 is 53.7 Å². The Bertz CT molecular complexity index is 2480. The number of aliphatic hydroxyl groups is 2. The van der Waals surface area contributed by atoms with E-state index in [4.69, 9.17) is 11.5 Å². The Morgan fingerprint density at radius 2 is 1.29 bits per heavy atom.